The van der Waals surface area contributed by atoms with E-state index in [9.17, 15) is 10.2 Å². The Kier molecular flexibility index (Phi) is 10.6. The molecule has 7 atom stereocenters. The van der Waals surface area contributed by atoms with Crippen molar-refractivity contribution in [3.63, 3.8) is 0 Å². The first-order valence-corrected chi connectivity index (χ1v) is 15.8. The molecule has 0 bridgehead atoms. The SMILES string of the molecule is CC.CC.CCCCC(C)(O)C1CC2C(C)N(CC3CC3)CCC23c2c(CC)ccc(O)c2OC3C1OC. The summed E-state index contributed by atoms with van der Waals surface area (Å²) in [5.41, 5.74) is 1.53. The number of unbranched alkanes of at least 4 members (excludes halogenated alkanes) is 1. The molecule has 4 aliphatic rings. The van der Waals surface area contributed by atoms with Gasteiger partial charge in [-0.1, -0.05) is 60.5 Å². The van der Waals surface area contributed by atoms with Crippen molar-refractivity contribution in [2.75, 3.05) is 20.2 Å². The Morgan fingerprint density at radius 2 is 1.84 bits per heavy atom. The highest BCUT2D eigenvalue weighted by Gasteiger charge is 2.67. The minimum atomic E-state index is -0.810. The van der Waals surface area contributed by atoms with Crippen LogP contribution < -0.4 is 4.74 Å². The molecule has 2 aliphatic heterocycles. The molecule has 7 unspecified atom stereocenters. The molecule has 38 heavy (non-hydrogen) atoms. The molecule has 1 saturated heterocycles. The Hall–Kier alpha value is -1.30. The lowest BCUT2D eigenvalue weighted by Gasteiger charge is -2.59. The molecule has 218 valence electrons. The normalized spacial score (nSPS) is 33.3. The summed E-state index contributed by atoms with van der Waals surface area (Å²) in [5, 5.41) is 22.7. The van der Waals surface area contributed by atoms with Gasteiger partial charge in [0.15, 0.2) is 11.5 Å². The van der Waals surface area contributed by atoms with E-state index < -0.39 is 5.60 Å². The summed E-state index contributed by atoms with van der Waals surface area (Å²) in [5.74, 6) is 2.12. The van der Waals surface area contributed by atoms with Gasteiger partial charge in [-0.2, -0.15) is 0 Å². The van der Waals surface area contributed by atoms with Crippen LogP contribution in [0.4, 0.5) is 0 Å². The van der Waals surface area contributed by atoms with Crippen molar-refractivity contribution in [1.82, 2.24) is 4.90 Å². The number of piperidine rings is 1. The van der Waals surface area contributed by atoms with E-state index in [0.717, 1.165) is 51.0 Å². The number of phenolic OH excluding ortho intramolecular Hbond substituents is 1. The van der Waals surface area contributed by atoms with E-state index in [1.807, 2.05) is 34.6 Å². The first-order valence-electron chi connectivity index (χ1n) is 15.8. The van der Waals surface area contributed by atoms with Gasteiger partial charge in [-0.25, -0.2) is 0 Å². The molecule has 1 aromatic rings. The van der Waals surface area contributed by atoms with Gasteiger partial charge in [-0.3, -0.25) is 0 Å². The Bertz CT molecular complexity index is 897. The zero-order valence-corrected chi connectivity index (χ0v) is 25.8. The van der Waals surface area contributed by atoms with Crippen LogP contribution in [0.1, 0.15) is 111 Å². The zero-order chi connectivity index (χ0) is 28.3. The summed E-state index contributed by atoms with van der Waals surface area (Å²) in [6.45, 7) is 19.0. The van der Waals surface area contributed by atoms with Crippen LogP contribution in [0.3, 0.4) is 0 Å². The molecule has 5 rings (SSSR count). The molecule has 1 aromatic carbocycles. The van der Waals surface area contributed by atoms with Crippen molar-refractivity contribution in [1.29, 1.82) is 0 Å². The molecule has 3 fully saturated rings. The fourth-order valence-electron chi connectivity index (χ4n) is 7.87. The van der Waals surface area contributed by atoms with Gasteiger partial charge in [-0.15, -0.1) is 0 Å². The number of aryl methyl sites for hydroxylation is 1. The van der Waals surface area contributed by atoms with Crippen molar-refractivity contribution < 1.29 is 19.7 Å². The fourth-order valence-corrected chi connectivity index (χ4v) is 7.87. The predicted molar refractivity (Wildman–Crippen MR) is 157 cm³/mol. The summed E-state index contributed by atoms with van der Waals surface area (Å²) in [6, 6.07) is 4.29. The number of ether oxygens (including phenoxy) is 2. The number of benzene rings is 1. The molecule has 5 nitrogen and oxygen atoms in total. The van der Waals surface area contributed by atoms with Crippen molar-refractivity contribution in [3.05, 3.63) is 23.3 Å². The average molecular weight is 532 g/mol. The maximum Gasteiger partial charge on any atom is 0.165 e. The van der Waals surface area contributed by atoms with Gasteiger partial charge in [0.1, 0.15) is 12.2 Å². The molecule has 1 spiro atoms. The summed E-state index contributed by atoms with van der Waals surface area (Å²) in [6.07, 6.45) is 8.05. The number of phenols is 1. The molecule has 0 radical (unpaired) electrons. The maximum absolute atomic E-state index is 11.8. The van der Waals surface area contributed by atoms with Gasteiger partial charge in [0.2, 0.25) is 0 Å². The number of nitrogens with zero attached hydrogens (tertiary/aromatic N) is 1. The second-order valence-electron chi connectivity index (χ2n) is 11.9. The standard InChI is InChI=1S/C29H45NO4.2C2H6/c1-6-8-13-28(4,32)22-16-21-18(3)30(17-19-9-10-19)15-14-29(21)24-20(7-2)11-12-23(31)26(24)34-27(29)25(22)33-5;2*1-2/h11-12,18-19,21-22,25,27,31-32H,6-10,13-17H2,1-5H3;2*1-2H3. The van der Waals surface area contributed by atoms with E-state index in [1.54, 1.807) is 13.2 Å². The highest BCUT2D eigenvalue weighted by Crippen LogP contribution is 2.63. The number of rotatable bonds is 8. The van der Waals surface area contributed by atoms with Crippen molar-refractivity contribution in [2.45, 2.75) is 136 Å². The minimum Gasteiger partial charge on any atom is -0.504 e. The van der Waals surface area contributed by atoms with Crippen LogP contribution in [0, 0.1) is 17.8 Å². The van der Waals surface area contributed by atoms with Gasteiger partial charge in [0.25, 0.3) is 0 Å². The third-order valence-corrected chi connectivity index (χ3v) is 9.95. The molecule has 2 aliphatic carbocycles. The number of likely N-dealkylation sites (tertiary alicyclic amines) is 1. The quantitative estimate of drug-likeness (QED) is 0.374. The van der Waals surface area contributed by atoms with Crippen LogP contribution in [0.5, 0.6) is 11.5 Å². The smallest absolute Gasteiger partial charge is 0.165 e. The molecule has 0 aromatic heterocycles. The number of hydrogen-bond donors (Lipinski definition) is 2. The molecule has 0 amide bonds. The highest BCUT2D eigenvalue weighted by molar-refractivity contribution is 5.59. The van der Waals surface area contributed by atoms with E-state index in [2.05, 4.69) is 31.7 Å². The molecule has 5 heteroatoms. The van der Waals surface area contributed by atoms with Crippen LogP contribution in [-0.4, -0.2) is 59.2 Å². The Balaban J connectivity index is 0.000000956. The van der Waals surface area contributed by atoms with Crippen LogP contribution in [0.15, 0.2) is 12.1 Å². The Morgan fingerprint density at radius 1 is 1.16 bits per heavy atom. The molecular weight excluding hydrogens is 474 g/mol. The summed E-state index contributed by atoms with van der Waals surface area (Å²) < 4.78 is 13.0. The number of hydrogen-bond acceptors (Lipinski definition) is 5. The Morgan fingerprint density at radius 3 is 2.42 bits per heavy atom. The van der Waals surface area contributed by atoms with E-state index in [1.165, 1.54) is 30.5 Å². The largest absolute Gasteiger partial charge is 0.504 e. The van der Waals surface area contributed by atoms with E-state index >= 15 is 0 Å². The van der Waals surface area contributed by atoms with Gasteiger partial charge in [0.05, 0.1) is 5.60 Å². The van der Waals surface area contributed by atoms with E-state index in [0.29, 0.717) is 17.7 Å². The van der Waals surface area contributed by atoms with Crippen molar-refractivity contribution in [3.8, 4) is 11.5 Å². The van der Waals surface area contributed by atoms with Crippen molar-refractivity contribution >= 4 is 0 Å². The summed E-state index contributed by atoms with van der Waals surface area (Å²) in [7, 11) is 1.78. The van der Waals surface area contributed by atoms with Crippen LogP contribution in [0.25, 0.3) is 0 Å². The molecular formula is C33H57NO4. The van der Waals surface area contributed by atoms with Gasteiger partial charge in [-0.05, 0) is 82.4 Å². The van der Waals surface area contributed by atoms with Gasteiger partial charge < -0.3 is 24.6 Å². The summed E-state index contributed by atoms with van der Waals surface area (Å²) in [4.78, 5) is 2.71. The lowest BCUT2D eigenvalue weighted by atomic mass is 9.51. The molecule has 2 saturated carbocycles. The number of fused-ring (bicyclic) bond motifs is 1. The average Bonchev–Trinajstić information content (AvgIpc) is 3.69. The van der Waals surface area contributed by atoms with Crippen LogP contribution in [0.2, 0.25) is 0 Å². The third kappa shape index (κ3) is 5.37. The maximum atomic E-state index is 11.8. The van der Waals surface area contributed by atoms with Gasteiger partial charge >= 0.3 is 0 Å². The minimum absolute atomic E-state index is 0.00275. The third-order valence-electron chi connectivity index (χ3n) is 9.95. The number of aliphatic hydroxyl groups is 1. The Labute approximate surface area is 233 Å². The molecule has 2 N–H and O–H groups in total. The monoisotopic (exact) mass is 531 g/mol. The van der Waals surface area contributed by atoms with Crippen LogP contribution in [-0.2, 0) is 16.6 Å². The predicted octanol–water partition coefficient (Wildman–Crippen LogP) is 7.10. The van der Waals surface area contributed by atoms with E-state index in [4.69, 9.17) is 9.47 Å². The lowest BCUT2D eigenvalue weighted by molar-refractivity contribution is -0.181. The van der Waals surface area contributed by atoms with E-state index in [-0.39, 0.29) is 29.3 Å². The molecule has 2 heterocycles. The number of methoxy groups -OCH3 is 1. The first-order chi connectivity index (χ1) is 18.3. The second-order valence-corrected chi connectivity index (χ2v) is 11.9. The topological polar surface area (TPSA) is 62.2 Å². The second kappa shape index (κ2) is 12.9. The number of aromatic hydroxyl groups is 1. The fraction of sp³-hybridized carbons (Fsp3) is 0.818. The first kappa shape index (κ1) is 31.2. The van der Waals surface area contributed by atoms with Crippen LogP contribution >= 0.6 is 0 Å². The van der Waals surface area contributed by atoms with Gasteiger partial charge in [0, 0.05) is 36.6 Å². The highest BCUT2D eigenvalue weighted by atomic mass is 16.5. The van der Waals surface area contributed by atoms with Crippen molar-refractivity contribution in [2.24, 2.45) is 17.8 Å². The summed E-state index contributed by atoms with van der Waals surface area (Å²) >= 11 is 0. The lowest BCUT2D eigenvalue weighted by Crippen LogP contribution is -2.68. The zero-order valence-electron chi connectivity index (χ0n) is 25.8.